The van der Waals surface area contributed by atoms with E-state index < -0.39 is 0 Å². The van der Waals surface area contributed by atoms with Crippen LogP contribution in [-0.2, 0) is 0 Å². The van der Waals surface area contributed by atoms with E-state index in [9.17, 15) is 0 Å². The molecule has 4 N–H and O–H groups in total. The van der Waals surface area contributed by atoms with Crippen LogP contribution in [0.4, 0.5) is 0 Å². The molecule has 0 unspecified atom stereocenters. The second-order valence-corrected chi connectivity index (χ2v) is 0.945. The molecule has 0 aromatic rings. The molecule has 0 aromatic heterocycles. The summed E-state index contributed by atoms with van der Waals surface area (Å²) in [4.78, 5) is 3.52. The zero-order valence-corrected chi connectivity index (χ0v) is 4.10. The van der Waals surface area contributed by atoms with Crippen molar-refractivity contribution in [3.63, 3.8) is 0 Å². The van der Waals surface area contributed by atoms with E-state index in [2.05, 4.69) is 10.3 Å². The van der Waals surface area contributed by atoms with Crippen molar-refractivity contribution in [1.82, 2.24) is 5.32 Å². The van der Waals surface area contributed by atoms with Crippen molar-refractivity contribution in [2.75, 3.05) is 7.05 Å². The standard InChI is InChI=1S/C3H8N4/c1-6-2-7-3(4)5/h2H,1H3,(H4,4,5,6,7). The van der Waals surface area contributed by atoms with Gasteiger partial charge in [-0.15, -0.1) is 0 Å². The summed E-state index contributed by atoms with van der Waals surface area (Å²) in [5.41, 5.74) is 4.86. The van der Waals surface area contributed by atoms with Crippen LogP contribution in [0.5, 0.6) is 0 Å². The number of nitrogens with one attached hydrogen (secondary N) is 2. The van der Waals surface area contributed by atoms with E-state index in [1.54, 1.807) is 7.05 Å². The van der Waals surface area contributed by atoms with E-state index in [1.165, 1.54) is 6.34 Å². The molecule has 0 radical (unpaired) electrons. The molecule has 4 heteroatoms. The fourth-order valence-electron chi connectivity index (χ4n) is 0.134. The molecule has 0 saturated heterocycles. The van der Waals surface area contributed by atoms with Gasteiger partial charge in [-0.3, -0.25) is 10.4 Å². The van der Waals surface area contributed by atoms with Gasteiger partial charge in [-0.2, -0.15) is 0 Å². The van der Waals surface area contributed by atoms with Crippen LogP contribution in [0.3, 0.4) is 0 Å². The first-order valence-corrected chi connectivity index (χ1v) is 1.78. The van der Waals surface area contributed by atoms with Gasteiger partial charge in [-0.1, -0.05) is 0 Å². The lowest BCUT2D eigenvalue weighted by Gasteiger charge is -1.88. The number of hydrogen-bond donors (Lipinski definition) is 3. The summed E-state index contributed by atoms with van der Waals surface area (Å²) in [6, 6.07) is 0. The highest BCUT2D eigenvalue weighted by Gasteiger charge is 1.72. The summed E-state index contributed by atoms with van der Waals surface area (Å²) in [7, 11) is 1.59. The molecule has 4 nitrogen and oxygen atoms in total. The van der Waals surface area contributed by atoms with Gasteiger partial charge >= 0.3 is 0 Å². The molecular weight excluding hydrogens is 92.1 g/mol. The lowest BCUT2D eigenvalue weighted by molar-refractivity contribution is 1.25. The molecule has 0 rings (SSSR count). The zero-order valence-electron chi connectivity index (χ0n) is 4.10. The average molecular weight is 100 g/mol. The molecule has 0 aromatic carbocycles. The Kier molecular flexibility index (Phi) is 2.67. The predicted molar refractivity (Wildman–Crippen MR) is 29.5 cm³/mol. The van der Waals surface area contributed by atoms with Crippen LogP contribution >= 0.6 is 0 Å². The van der Waals surface area contributed by atoms with Crippen molar-refractivity contribution < 1.29 is 0 Å². The fraction of sp³-hybridized carbons (Fsp3) is 0.333. The minimum atomic E-state index is -0.0920. The highest BCUT2D eigenvalue weighted by molar-refractivity contribution is 5.86. The van der Waals surface area contributed by atoms with Gasteiger partial charge in [-0.05, 0) is 0 Å². The second-order valence-electron chi connectivity index (χ2n) is 0.945. The molecule has 0 amide bonds. The van der Waals surface area contributed by atoms with Crippen molar-refractivity contribution in [2.24, 2.45) is 10.7 Å². The maximum atomic E-state index is 6.57. The quantitative estimate of drug-likeness (QED) is 0.296. The van der Waals surface area contributed by atoms with Gasteiger partial charge in [-0.25, -0.2) is 0 Å². The maximum Gasteiger partial charge on any atom is 0.190 e. The highest BCUT2D eigenvalue weighted by Crippen LogP contribution is 1.44. The van der Waals surface area contributed by atoms with Crippen LogP contribution in [0.2, 0.25) is 0 Å². The first kappa shape index (κ1) is 5.94. The third kappa shape index (κ3) is 4.94. The molecule has 0 fully saturated rings. The van der Waals surface area contributed by atoms with E-state index in [1.807, 2.05) is 0 Å². The van der Waals surface area contributed by atoms with E-state index in [4.69, 9.17) is 11.1 Å². The van der Waals surface area contributed by atoms with Crippen molar-refractivity contribution in [3.05, 3.63) is 0 Å². The Balaban J connectivity index is 3.14. The molecule has 0 aliphatic carbocycles. The fourth-order valence-corrected chi connectivity index (χ4v) is 0.134. The van der Waals surface area contributed by atoms with Gasteiger partial charge in [0.25, 0.3) is 0 Å². The normalized spacial score (nSPS) is 9.29. The van der Waals surface area contributed by atoms with Crippen molar-refractivity contribution in [2.45, 2.75) is 0 Å². The summed E-state index contributed by atoms with van der Waals surface area (Å²) < 4.78 is 0. The average Bonchev–Trinajstić information content (AvgIpc) is 1.61. The third-order valence-corrected chi connectivity index (χ3v) is 0.349. The van der Waals surface area contributed by atoms with Crippen LogP contribution in [0, 0.1) is 5.41 Å². The van der Waals surface area contributed by atoms with E-state index in [-0.39, 0.29) is 5.96 Å². The van der Waals surface area contributed by atoms with Gasteiger partial charge < -0.3 is 11.1 Å². The first-order valence-electron chi connectivity index (χ1n) is 1.78. The number of nitrogens with zero attached hydrogens (tertiary/aromatic N) is 1. The third-order valence-electron chi connectivity index (χ3n) is 0.349. The molecule has 40 valence electrons. The Morgan fingerprint density at radius 3 is 2.71 bits per heavy atom. The van der Waals surface area contributed by atoms with Crippen molar-refractivity contribution >= 4 is 12.3 Å². The molecule has 7 heavy (non-hydrogen) atoms. The largest absolute Gasteiger partial charge is 0.370 e. The van der Waals surface area contributed by atoms with E-state index in [0.717, 1.165) is 0 Å². The number of rotatable bonds is 1. The Labute approximate surface area is 41.9 Å². The van der Waals surface area contributed by atoms with Gasteiger partial charge in [0, 0.05) is 7.05 Å². The van der Waals surface area contributed by atoms with Crippen LogP contribution in [0.25, 0.3) is 0 Å². The van der Waals surface area contributed by atoms with Gasteiger partial charge in [0.1, 0.15) is 0 Å². The van der Waals surface area contributed by atoms with Crippen LogP contribution in [-0.4, -0.2) is 19.3 Å². The van der Waals surface area contributed by atoms with Gasteiger partial charge in [0.05, 0.1) is 6.34 Å². The molecule has 0 spiro atoms. The highest BCUT2D eigenvalue weighted by atomic mass is 15.1. The maximum absolute atomic E-state index is 6.57. The van der Waals surface area contributed by atoms with Gasteiger partial charge in [0.2, 0.25) is 0 Å². The molecule has 0 atom stereocenters. The Hall–Kier alpha value is -1.06. The van der Waals surface area contributed by atoms with E-state index >= 15 is 0 Å². The number of nitrogens with two attached hydrogens (primary N) is 1. The molecule has 0 saturated carbocycles. The molecule has 0 heterocycles. The summed E-state index contributed by atoms with van der Waals surface area (Å²) in [5, 5.41) is 8.94. The summed E-state index contributed by atoms with van der Waals surface area (Å²) in [6.45, 7) is 0. The Bertz CT molecular complexity index is 84.9. The number of guanidine groups is 1. The lowest BCUT2D eigenvalue weighted by Crippen LogP contribution is -2.28. The van der Waals surface area contributed by atoms with Gasteiger partial charge in [0.15, 0.2) is 5.96 Å². The molecule has 0 aliphatic heterocycles. The van der Waals surface area contributed by atoms with Crippen LogP contribution in [0.15, 0.2) is 4.99 Å². The van der Waals surface area contributed by atoms with Crippen LogP contribution in [0.1, 0.15) is 0 Å². The second kappa shape index (κ2) is 3.14. The predicted octanol–water partition coefficient (Wildman–Crippen LogP) is -0.872. The lowest BCUT2D eigenvalue weighted by atomic mass is 11.0. The smallest absolute Gasteiger partial charge is 0.190 e. The Morgan fingerprint density at radius 2 is 2.57 bits per heavy atom. The van der Waals surface area contributed by atoms with Crippen molar-refractivity contribution in [3.8, 4) is 0 Å². The minimum Gasteiger partial charge on any atom is -0.370 e. The topological polar surface area (TPSA) is 74.3 Å². The van der Waals surface area contributed by atoms with E-state index in [0.29, 0.717) is 0 Å². The summed E-state index contributed by atoms with van der Waals surface area (Å²) in [6.07, 6.45) is 1.35. The molecule has 0 bridgehead atoms. The summed E-state index contributed by atoms with van der Waals surface area (Å²) >= 11 is 0. The molecular formula is C3H8N4. The first-order chi connectivity index (χ1) is 3.27. The minimum absolute atomic E-state index is 0.0920. The zero-order chi connectivity index (χ0) is 5.70. The monoisotopic (exact) mass is 100 g/mol. The number of hydrogen-bond acceptors (Lipinski definition) is 2. The number of aliphatic imine (C=N–C) groups is 1. The van der Waals surface area contributed by atoms with Crippen molar-refractivity contribution in [1.29, 1.82) is 5.41 Å². The van der Waals surface area contributed by atoms with Crippen LogP contribution < -0.4 is 11.1 Å². The molecule has 0 aliphatic rings. The Morgan fingerprint density at radius 1 is 2.00 bits per heavy atom. The summed E-state index contributed by atoms with van der Waals surface area (Å²) in [5.74, 6) is -0.0920. The SMILES string of the molecule is CN=CNC(=N)N.